The summed E-state index contributed by atoms with van der Waals surface area (Å²) in [5.74, 6) is 0.844. The van der Waals surface area contributed by atoms with Crippen LogP contribution in [0.15, 0.2) is 24.3 Å². The Labute approximate surface area is 86.8 Å². The van der Waals surface area contributed by atoms with Gasteiger partial charge in [-0.3, -0.25) is 4.79 Å². The molecule has 1 fully saturated rings. The first-order valence-electron chi connectivity index (χ1n) is 4.38. The molecule has 0 aromatic heterocycles. The summed E-state index contributed by atoms with van der Waals surface area (Å²) in [5.41, 5.74) is 1.16. The molecule has 0 spiro atoms. The molecule has 1 aromatic carbocycles. The predicted molar refractivity (Wildman–Crippen MR) is 56.7 cm³/mol. The van der Waals surface area contributed by atoms with Gasteiger partial charge in [-0.15, -0.1) is 0 Å². The second-order valence-electron chi connectivity index (χ2n) is 3.05. The van der Waals surface area contributed by atoms with E-state index in [9.17, 15) is 4.79 Å². The lowest BCUT2D eigenvalue weighted by atomic mass is 10.1. The molecule has 3 nitrogen and oxygen atoms in total. The normalized spacial score (nSPS) is 20.6. The second kappa shape index (κ2) is 3.92. The highest BCUT2D eigenvalue weighted by atomic mass is 32.2. The van der Waals surface area contributed by atoms with Crippen molar-refractivity contribution in [2.24, 2.45) is 0 Å². The third kappa shape index (κ3) is 1.85. The molecule has 0 bridgehead atoms. The first-order chi connectivity index (χ1) is 6.79. The summed E-state index contributed by atoms with van der Waals surface area (Å²) in [6, 6.07) is 7.82. The fourth-order valence-electron chi connectivity index (χ4n) is 1.39. The van der Waals surface area contributed by atoms with Crippen molar-refractivity contribution in [3.8, 4) is 5.75 Å². The SMILES string of the molecule is COc1ccc(C2CNC(=O)S2)cc1. The third-order valence-electron chi connectivity index (χ3n) is 2.17. The van der Waals surface area contributed by atoms with Crippen LogP contribution in [0.5, 0.6) is 5.75 Å². The van der Waals surface area contributed by atoms with Gasteiger partial charge in [0.25, 0.3) is 5.24 Å². The highest BCUT2D eigenvalue weighted by Crippen LogP contribution is 2.33. The summed E-state index contributed by atoms with van der Waals surface area (Å²) in [5, 5.41) is 3.09. The van der Waals surface area contributed by atoms with E-state index in [2.05, 4.69) is 5.32 Å². The van der Waals surface area contributed by atoms with E-state index in [1.807, 2.05) is 24.3 Å². The van der Waals surface area contributed by atoms with Gasteiger partial charge in [0.05, 0.1) is 12.4 Å². The molecule has 0 aliphatic carbocycles. The Morgan fingerprint density at radius 1 is 1.43 bits per heavy atom. The number of carbonyl (C=O) groups excluding carboxylic acids is 1. The standard InChI is InChI=1S/C10H11NO2S/c1-13-8-4-2-7(3-5-8)9-6-11-10(12)14-9/h2-5,9H,6H2,1H3,(H,11,12). The van der Waals surface area contributed by atoms with Gasteiger partial charge >= 0.3 is 0 Å². The van der Waals surface area contributed by atoms with Crippen molar-refractivity contribution in [2.75, 3.05) is 13.7 Å². The third-order valence-corrected chi connectivity index (χ3v) is 3.25. The van der Waals surface area contributed by atoms with Crippen LogP contribution in [0.25, 0.3) is 0 Å². The molecule has 1 unspecified atom stereocenters. The monoisotopic (exact) mass is 209 g/mol. The number of nitrogens with one attached hydrogen (secondary N) is 1. The number of thioether (sulfide) groups is 1. The Balaban J connectivity index is 2.13. The number of methoxy groups -OCH3 is 1. The van der Waals surface area contributed by atoms with Crippen molar-refractivity contribution in [1.82, 2.24) is 5.32 Å². The number of ether oxygens (including phenoxy) is 1. The average Bonchev–Trinajstić information content (AvgIpc) is 2.65. The summed E-state index contributed by atoms with van der Waals surface area (Å²) in [6.07, 6.45) is 0. The first-order valence-corrected chi connectivity index (χ1v) is 5.26. The summed E-state index contributed by atoms with van der Waals surface area (Å²) in [7, 11) is 1.64. The lowest BCUT2D eigenvalue weighted by Crippen LogP contribution is -2.11. The van der Waals surface area contributed by atoms with Crippen LogP contribution >= 0.6 is 11.8 Å². The zero-order valence-corrected chi connectivity index (χ0v) is 8.64. The molecule has 1 amide bonds. The summed E-state index contributed by atoms with van der Waals surface area (Å²) in [6.45, 7) is 0.718. The van der Waals surface area contributed by atoms with Crippen LogP contribution in [0.1, 0.15) is 10.8 Å². The minimum atomic E-state index is 0.0609. The number of carbonyl (C=O) groups is 1. The molecule has 1 aliphatic rings. The van der Waals surface area contributed by atoms with Gasteiger partial charge in [-0.1, -0.05) is 23.9 Å². The lowest BCUT2D eigenvalue weighted by Gasteiger charge is -2.07. The van der Waals surface area contributed by atoms with Crippen LogP contribution in [0.4, 0.5) is 4.79 Å². The molecule has 1 aromatic rings. The van der Waals surface area contributed by atoms with Gasteiger partial charge in [0, 0.05) is 6.54 Å². The van der Waals surface area contributed by atoms with Crippen molar-refractivity contribution in [3.05, 3.63) is 29.8 Å². The number of benzene rings is 1. The molecule has 1 saturated heterocycles. The lowest BCUT2D eigenvalue weighted by molar-refractivity contribution is 0.262. The first kappa shape index (κ1) is 9.40. The fraction of sp³-hybridized carbons (Fsp3) is 0.300. The molecular formula is C10H11NO2S. The van der Waals surface area contributed by atoms with E-state index in [-0.39, 0.29) is 10.5 Å². The Kier molecular flexibility index (Phi) is 2.63. The minimum Gasteiger partial charge on any atom is -0.497 e. The Morgan fingerprint density at radius 2 is 2.14 bits per heavy atom. The summed E-state index contributed by atoms with van der Waals surface area (Å²) < 4.78 is 5.06. The predicted octanol–water partition coefficient (Wildman–Crippen LogP) is 2.19. The molecule has 74 valence electrons. The van der Waals surface area contributed by atoms with Gasteiger partial charge in [0.1, 0.15) is 5.75 Å². The highest BCUT2D eigenvalue weighted by Gasteiger charge is 2.23. The molecule has 1 aliphatic heterocycles. The van der Waals surface area contributed by atoms with Gasteiger partial charge in [-0.2, -0.15) is 0 Å². The van der Waals surface area contributed by atoms with Gasteiger partial charge in [0.2, 0.25) is 0 Å². The number of hydrogen-bond donors (Lipinski definition) is 1. The maximum Gasteiger partial charge on any atom is 0.279 e. The van der Waals surface area contributed by atoms with Crippen LogP contribution in [-0.4, -0.2) is 18.9 Å². The maximum absolute atomic E-state index is 11.0. The molecule has 4 heteroatoms. The van der Waals surface area contributed by atoms with E-state index in [0.29, 0.717) is 0 Å². The van der Waals surface area contributed by atoms with Crippen molar-refractivity contribution in [2.45, 2.75) is 5.25 Å². The molecule has 2 rings (SSSR count). The van der Waals surface area contributed by atoms with E-state index in [1.54, 1.807) is 7.11 Å². The summed E-state index contributed by atoms with van der Waals surface area (Å²) in [4.78, 5) is 11.0. The molecule has 14 heavy (non-hydrogen) atoms. The van der Waals surface area contributed by atoms with Gasteiger partial charge < -0.3 is 10.1 Å². The fourth-order valence-corrected chi connectivity index (χ4v) is 2.28. The van der Waals surface area contributed by atoms with Crippen LogP contribution in [0, 0.1) is 0 Å². The molecule has 1 heterocycles. The van der Waals surface area contributed by atoms with Crippen molar-refractivity contribution in [1.29, 1.82) is 0 Å². The zero-order chi connectivity index (χ0) is 9.97. The molecule has 0 radical (unpaired) electrons. The van der Waals surface area contributed by atoms with Crippen molar-refractivity contribution >= 4 is 17.0 Å². The van der Waals surface area contributed by atoms with E-state index in [1.165, 1.54) is 11.8 Å². The second-order valence-corrected chi connectivity index (χ2v) is 4.22. The van der Waals surface area contributed by atoms with E-state index in [0.717, 1.165) is 17.9 Å². The molecule has 1 N–H and O–H groups in total. The minimum absolute atomic E-state index is 0.0609. The van der Waals surface area contributed by atoms with E-state index < -0.39 is 0 Å². The topological polar surface area (TPSA) is 38.3 Å². The Bertz CT molecular complexity index is 336. The van der Waals surface area contributed by atoms with Crippen LogP contribution in [0.2, 0.25) is 0 Å². The van der Waals surface area contributed by atoms with Crippen molar-refractivity contribution in [3.63, 3.8) is 0 Å². The van der Waals surface area contributed by atoms with Crippen LogP contribution in [-0.2, 0) is 0 Å². The number of rotatable bonds is 2. The van der Waals surface area contributed by atoms with Gasteiger partial charge in [-0.25, -0.2) is 0 Å². The van der Waals surface area contributed by atoms with Crippen LogP contribution in [0.3, 0.4) is 0 Å². The molecular weight excluding hydrogens is 198 g/mol. The van der Waals surface area contributed by atoms with Gasteiger partial charge in [-0.05, 0) is 17.7 Å². The average molecular weight is 209 g/mol. The number of hydrogen-bond acceptors (Lipinski definition) is 3. The quantitative estimate of drug-likeness (QED) is 0.811. The Hall–Kier alpha value is -1.16. The van der Waals surface area contributed by atoms with E-state index >= 15 is 0 Å². The van der Waals surface area contributed by atoms with Crippen molar-refractivity contribution < 1.29 is 9.53 Å². The van der Waals surface area contributed by atoms with E-state index in [4.69, 9.17) is 4.74 Å². The zero-order valence-electron chi connectivity index (χ0n) is 7.82. The van der Waals surface area contributed by atoms with Crippen LogP contribution < -0.4 is 10.1 Å². The molecule has 0 saturated carbocycles. The maximum atomic E-state index is 11.0. The number of amides is 1. The highest BCUT2D eigenvalue weighted by molar-refractivity contribution is 8.14. The summed E-state index contributed by atoms with van der Waals surface area (Å²) >= 11 is 1.34. The molecule has 1 atom stereocenters. The largest absolute Gasteiger partial charge is 0.497 e. The smallest absolute Gasteiger partial charge is 0.279 e. The van der Waals surface area contributed by atoms with Gasteiger partial charge in [0.15, 0.2) is 0 Å². The Morgan fingerprint density at radius 3 is 2.64 bits per heavy atom.